The molecule has 8 nitrogen and oxygen atoms in total. The van der Waals surface area contributed by atoms with Gasteiger partial charge in [0, 0.05) is 18.3 Å². The number of nitrogens with one attached hydrogen (secondary N) is 1. The van der Waals surface area contributed by atoms with Gasteiger partial charge in [0.1, 0.15) is 16.6 Å². The van der Waals surface area contributed by atoms with E-state index in [2.05, 4.69) is 36.2 Å². The first-order valence-corrected chi connectivity index (χ1v) is 12.6. The lowest BCUT2D eigenvalue weighted by atomic mass is 9.94. The van der Waals surface area contributed by atoms with E-state index in [4.69, 9.17) is 14.4 Å². The molecule has 10 heteroatoms. The zero-order valence-corrected chi connectivity index (χ0v) is 20.6. The van der Waals surface area contributed by atoms with Crippen molar-refractivity contribution in [3.8, 4) is 0 Å². The molecular weight excluding hydrogens is 450 g/mol. The Morgan fingerprint density at radius 3 is 2.59 bits per heavy atom. The molecule has 0 atom stereocenters. The van der Waals surface area contributed by atoms with Gasteiger partial charge in [0.15, 0.2) is 0 Å². The minimum Gasteiger partial charge on any atom is -0.444 e. The van der Waals surface area contributed by atoms with E-state index in [-0.39, 0.29) is 30.3 Å². The number of ketones is 1. The summed E-state index contributed by atoms with van der Waals surface area (Å²) in [5.74, 6) is 2.20. The number of nitrogens with zero attached hydrogens (tertiary/aromatic N) is 2. The molecule has 2 heterocycles. The average Bonchev–Trinajstić information content (AvgIpc) is 3.38. The molecule has 32 heavy (non-hydrogen) atoms. The minimum atomic E-state index is -0.190. The van der Waals surface area contributed by atoms with Gasteiger partial charge in [0.05, 0.1) is 42.0 Å². The van der Waals surface area contributed by atoms with Crippen LogP contribution < -0.4 is 5.48 Å². The van der Waals surface area contributed by atoms with Crippen molar-refractivity contribution in [3.63, 3.8) is 0 Å². The molecule has 0 aliphatic rings. The highest BCUT2D eigenvalue weighted by Gasteiger charge is 2.19. The zero-order chi connectivity index (χ0) is 23.4. The van der Waals surface area contributed by atoms with Gasteiger partial charge in [-0.2, -0.15) is 0 Å². The van der Waals surface area contributed by atoms with Gasteiger partial charge in [0.2, 0.25) is 11.8 Å². The quantitative estimate of drug-likeness (QED) is 0.220. The molecule has 0 bridgehead atoms. The summed E-state index contributed by atoms with van der Waals surface area (Å²) in [5, 5.41) is 9.40. The van der Waals surface area contributed by atoms with Crippen LogP contribution in [0.2, 0.25) is 0 Å². The summed E-state index contributed by atoms with van der Waals surface area (Å²) in [6, 6.07) is 0. The third kappa shape index (κ3) is 10.2. The number of aromatic nitrogens is 2. The Hall–Kier alpha value is -1.75. The van der Waals surface area contributed by atoms with Crippen LogP contribution in [0.3, 0.4) is 0 Å². The van der Waals surface area contributed by atoms with Crippen molar-refractivity contribution in [1.29, 1.82) is 0 Å². The summed E-state index contributed by atoms with van der Waals surface area (Å²) in [7, 11) is 0. The van der Waals surface area contributed by atoms with Crippen LogP contribution in [0.5, 0.6) is 0 Å². The SMILES string of the molecule is CC(C)(C)c1cnc(CSc2cnc(CC(=O)CCCCCCC(=O)NOCCO)s2)o1. The number of thiazole rings is 1. The lowest BCUT2D eigenvalue weighted by Crippen LogP contribution is -2.24. The monoisotopic (exact) mass is 483 g/mol. The fourth-order valence-corrected chi connectivity index (χ4v) is 4.65. The molecule has 2 aromatic rings. The Morgan fingerprint density at radius 2 is 1.91 bits per heavy atom. The predicted molar refractivity (Wildman–Crippen MR) is 124 cm³/mol. The standard InChI is InChI=1S/C22H33N3O5S2/c1-22(2,3)17-13-23-19(30-17)15-31-21-14-24-20(32-21)12-16(27)8-6-4-5-7-9-18(28)25-29-11-10-26/h13-14,26H,4-12,15H2,1-3H3,(H,25,28). The Bertz CT molecular complexity index is 845. The molecule has 2 N–H and O–H groups in total. The second-order valence-corrected chi connectivity index (χ2v) is 10.8. The molecule has 0 radical (unpaired) electrons. The summed E-state index contributed by atoms with van der Waals surface area (Å²) in [6.07, 6.45) is 8.22. The van der Waals surface area contributed by atoms with Crippen molar-refractivity contribution in [1.82, 2.24) is 15.4 Å². The maximum atomic E-state index is 12.2. The Labute approximate surface area is 197 Å². The van der Waals surface area contributed by atoms with E-state index in [1.807, 2.05) is 0 Å². The van der Waals surface area contributed by atoms with E-state index < -0.39 is 0 Å². The van der Waals surface area contributed by atoms with Crippen molar-refractivity contribution in [2.75, 3.05) is 13.2 Å². The van der Waals surface area contributed by atoms with Gasteiger partial charge in [-0.3, -0.25) is 14.4 Å². The number of oxazole rings is 1. The highest BCUT2D eigenvalue weighted by molar-refractivity contribution is 8.00. The highest BCUT2D eigenvalue weighted by atomic mass is 32.2. The van der Waals surface area contributed by atoms with Crippen LogP contribution in [0.4, 0.5) is 0 Å². The summed E-state index contributed by atoms with van der Waals surface area (Å²) < 4.78 is 6.85. The Morgan fingerprint density at radius 1 is 1.16 bits per heavy atom. The number of hydroxylamine groups is 1. The number of aliphatic hydroxyl groups is 1. The fraction of sp³-hybridized carbons (Fsp3) is 0.636. The van der Waals surface area contributed by atoms with Crippen molar-refractivity contribution in [3.05, 3.63) is 29.1 Å². The average molecular weight is 484 g/mol. The molecule has 2 aromatic heterocycles. The van der Waals surface area contributed by atoms with E-state index in [1.54, 1.807) is 35.5 Å². The summed E-state index contributed by atoms with van der Waals surface area (Å²) in [4.78, 5) is 37.1. The molecule has 0 spiro atoms. The lowest BCUT2D eigenvalue weighted by Gasteiger charge is -2.12. The molecule has 0 aliphatic carbocycles. The Kier molecular flexibility index (Phi) is 11.4. The second kappa shape index (κ2) is 13.7. The highest BCUT2D eigenvalue weighted by Crippen LogP contribution is 2.30. The van der Waals surface area contributed by atoms with Gasteiger partial charge >= 0.3 is 0 Å². The van der Waals surface area contributed by atoms with Crippen LogP contribution in [-0.2, 0) is 32.0 Å². The summed E-state index contributed by atoms with van der Waals surface area (Å²) in [6.45, 7) is 6.23. The molecule has 0 aliphatic heterocycles. The molecule has 0 saturated heterocycles. The number of aliphatic hydroxyl groups excluding tert-OH is 1. The smallest absolute Gasteiger partial charge is 0.243 e. The van der Waals surface area contributed by atoms with Crippen LogP contribution in [0.15, 0.2) is 21.0 Å². The first-order valence-electron chi connectivity index (χ1n) is 10.8. The van der Waals surface area contributed by atoms with Gasteiger partial charge in [-0.1, -0.05) is 33.6 Å². The van der Waals surface area contributed by atoms with Crippen LogP contribution in [0, 0.1) is 0 Å². The number of amides is 1. The third-order valence-electron chi connectivity index (χ3n) is 4.50. The number of rotatable bonds is 15. The normalized spacial score (nSPS) is 11.6. The van der Waals surface area contributed by atoms with Crippen molar-refractivity contribution < 1.29 is 24.0 Å². The third-order valence-corrected chi connectivity index (χ3v) is 6.68. The van der Waals surface area contributed by atoms with E-state index in [9.17, 15) is 9.59 Å². The molecule has 1 amide bonds. The van der Waals surface area contributed by atoms with Gasteiger partial charge in [-0.05, 0) is 12.8 Å². The molecular formula is C22H33N3O5S2. The van der Waals surface area contributed by atoms with Gasteiger partial charge < -0.3 is 9.52 Å². The van der Waals surface area contributed by atoms with Crippen molar-refractivity contribution in [2.45, 2.75) is 81.1 Å². The molecule has 0 unspecified atom stereocenters. The van der Waals surface area contributed by atoms with E-state index in [0.29, 0.717) is 30.9 Å². The van der Waals surface area contributed by atoms with E-state index in [0.717, 1.165) is 40.7 Å². The van der Waals surface area contributed by atoms with Gasteiger partial charge in [-0.25, -0.2) is 15.4 Å². The van der Waals surface area contributed by atoms with Crippen molar-refractivity contribution >= 4 is 34.8 Å². The number of thioether (sulfide) groups is 1. The first-order chi connectivity index (χ1) is 15.3. The van der Waals surface area contributed by atoms with Crippen LogP contribution in [0.25, 0.3) is 0 Å². The molecule has 2 rings (SSSR count). The maximum absolute atomic E-state index is 12.2. The number of carbonyl (C=O) groups is 2. The maximum Gasteiger partial charge on any atom is 0.243 e. The minimum absolute atomic E-state index is 0.0574. The zero-order valence-electron chi connectivity index (χ0n) is 19.0. The second-order valence-electron chi connectivity index (χ2n) is 8.46. The van der Waals surface area contributed by atoms with Gasteiger partial charge in [-0.15, -0.1) is 23.1 Å². The Balaban J connectivity index is 1.58. The van der Waals surface area contributed by atoms with E-state index in [1.165, 1.54) is 0 Å². The van der Waals surface area contributed by atoms with Crippen LogP contribution >= 0.6 is 23.1 Å². The lowest BCUT2D eigenvalue weighted by molar-refractivity contribution is -0.134. The van der Waals surface area contributed by atoms with Crippen molar-refractivity contribution in [2.24, 2.45) is 0 Å². The first kappa shape index (κ1) is 26.5. The number of hydrogen-bond acceptors (Lipinski definition) is 9. The number of unbranched alkanes of at least 4 members (excludes halogenated alkanes) is 3. The van der Waals surface area contributed by atoms with Gasteiger partial charge in [0.25, 0.3) is 0 Å². The molecule has 178 valence electrons. The van der Waals surface area contributed by atoms with Crippen LogP contribution in [0.1, 0.15) is 76.0 Å². The van der Waals surface area contributed by atoms with Crippen LogP contribution in [-0.4, -0.2) is 40.0 Å². The summed E-state index contributed by atoms with van der Waals surface area (Å²) >= 11 is 3.16. The predicted octanol–water partition coefficient (Wildman–Crippen LogP) is 4.21. The number of carbonyl (C=O) groups excluding carboxylic acids is 2. The molecule has 0 aromatic carbocycles. The summed E-state index contributed by atoms with van der Waals surface area (Å²) in [5.41, 5.74) is 2.22. The number of hydrogen-bond donors (Lipinski definition) is 2. The molecule has 0 fully saturated rings. The largest absolute Gasteiger partial charge is 0.444 e. The number of Topliss-reactive ketones (excluding diaryl/α,β-unsaturated/α-hetero) is 1. The molecule has 0 saturated carbocycles. The fourth-order valence-electron chi connectivity index (χ4n) is 2.75. The van der Waals surface area contributed by atoms with E-state index >= 15 is 0 Å². The topological polar surface area (TPSA) is 115 Å².